The highest BCUT2D eigenvalue weighted by atomic mass is 35.5. The number of nitrogens with zero attached hydrogens (tertiary/aromatic N) is 3. The summed E-state index contributed by atoms with van der Waals surface area (Å²) in [6.45, 7) is 1.95. The van der Waals surface area contributed by atoms with E-state index in [4.69, 9.17) is 29.6 Å². The second-order valence-corrected chi connectivity index (χ2v) is 3.19. The van der Waals surface area contributed by atoms with Gasteiger partial charge < -0.3 is 5.32 Å². The zero-order valence-corrected chi connectivity index (χ0v) is 8.97. The highest BCUT2D eigenvalue weighted by molar-refractivity contribution is 6.32. The lowest BCUT2D eigenvalue weighted by molar-refractivity contribution is 0.841. The summed E-state index contributed by atoms with van der Waals surface area (Å²) in [6.07, 6.45) is 6.03. The Morgan fingerprint density at radius 2 is 2.21 bits per heavy atom. The van der Waals surface area contributed by atoms with Gasteiger partial charge in [0.25, 0.3) is 0 Å². The highest BCUT2D eigenvalue weighted by Gasteiger charge is 2.09. The van der Waals surface area contributed by atoms with Gasteiger partial charge in [-0.3, -0.25) is 0 Å². The van der Waals surface area contributed by atoms with Crippen molar-refractivity contribution in [3.63, 3.8) is 0 Å². The first-order valence-corrected chi connectivity index (χ1v) is 4.71. The molecular weight excluding hydrogens is 223 g/mol. The molecule has 0 radical (unpaired) electrons. The molecule has 74 valence electrons. The molecule has 14 heavy (non-hydrogen) atoms. The van der Waals surface area contributed by atoms with Crippen LogP contribution < -0.4 is 5.32 Å². The zero-order chi connectivity index (χ0) is 10.6. The van der Waals surface area contributed by atoms with Crippen LogP contribution in [-0.4, -0.2) is 21.2 Å². The summed E-state index contributed by atoms with van der Waals surface area (Å²) < 4.78 is 0. The number of anilines is 1. The first-order chi connectivity index (χ1) is 6.67. The van der Waals surface area contributed by atoms with Gasteiger partial charge in [0.2, 0.25) is 5.28 Å². The van der Waals surface area contributed by atoms with Crippen LogP contribution in [0.3, 0.4) is 0 Å². The minimum Gasteiger partial charge on any atom is -0.354 e. The molecule has 1 aromatic rings. The monoisotopic (exact) mass is 230 g/mol. The van der Waals surface area contributed by atoms with Gasteiger partial charge in [-0.1, -0.05) is 24.4 Å². The second kappa shape index (κ2) is 4.99. The summed E-state index contributed by atoms with van der Waals surface area (Å²) in [5.41, 5.74) is 0. The topological polar surface area (TPSA) is 50.7 Å². The molecule has 0 bridgehead atoms. The average Bonchev–Trinajstić information content (AvgIpc) is 2.19. The minimum atomic E-state index is -0.139. The van der Waals surface area contributed by atoms with E-state index in [1.807, 2.05) is 6.92 Å². The van der Waals surface area contributed by atoms with E-state index in [0.29, 0.717) is 5.82 Å². The lowest BCUT2D eigenvalue weighted by Gasteiger charge is -2.11. The molecule has 1 heterocycles. The SMILES string of the molecule is C#CC(CC)Nc1nc(Cl)nnc1Cl. The Kier molecular flexibility index (Phi) is 3.93. The fourth-order valence-corrected chi connectivity index (χ4v) is 1.07. The van der Waals surface area contributed by atoms with Crippen LogP contribution in [0.1, 0.15) is 13.3 Å². The predicted molar refractivity (Wildman–Crippen MR) is 56.4 cm³/mol. The van der Waals surface area contributed by atoms with E-state index in [-0.39, 0.29) is 16.5 Å². The van der Waals surface area contributed by atoms with Crippen LogP contribution in [0.15, 0.2) is 0 Å². The average molecular weight is 231 g/mol. The van der Waals surface area contributed by atoms with Gasteiger partial charge in [-0.25, -0.2) is 0 Å². The van der Waals surface area contributed by atoms with E-state index < -0.39 is 0 Å². The first-order valence-electron chi connectivity index (χ1n) is 3.95. The summed E-state index contributed by atoms with van der Waals surface area (Å²) >= 11 is 11.3. The van der Waals surface area contributed by atoms with Gasteiger partial charge >= 0.3 is 0 Å². The van der Waals surface area contributed by atoms with E-state index >= 15 is 0 Å². The standard InChI is InChI=1S/C8H8Cl2N4/c1-3-5(4-2)11-7-6(9)13-14-8(10)12-7/h1,5H,4H2,2H3,(H,11,12,14). The van der Waals surface area contributed by atoms with Crippen molar-refractivity contribution in [1.29, 1.82) is 0 Å². The number of nitrogens with one attached hydrogen (secondary N) is 1. The molecule has 1 atom stereocenters. The molecule has 0 amide bonds. The molecule has 1 rings (SSSR count). The van der Waals surface area contributed by atoms with E-state index in [2.05, 4.69) is 26.4 Å². The molecule has 0 spiro atoms. The summed E-state index contributed by atoms with van der Waals surface area (Å²) in [6, 6.07) is -0.139. The van der Waals surface area contributed by atoms with Gasteiger partial charge in [0, 0.05) is 0 Å². The van der Waals surface area contributed by atoms with Crippen molar-refractivity contribution in [2.45, 2.75) is 19.4 Å². The number of aromatic nitrogens is 3. The number of hydrogen-bond donors (Lipinski definition) is 1. The molecule has 0 aromatic carbocycles. The van der Waals surface area contributed by atoms with Crippen molar-refractivity contribution in [3.8, 4) is 12.3 Å². The smallest absolute Gasteiger partial charge is 0.245 e. The quantitative estimate of drug-likeness (QED) is 0.808. The van der Waals surface area contributed by atoms with Crippen molar-refractivity contribution >= 4 is 29.0 Å². The lowest BCUT2D eigenvalue weighted by Crippen LogP contribution is -2.17. The largest absolute Gasteiger partial charge is 0.354 e. The molecular formula is C8H8Cl2N4. The fourth-order valence-electron chi connectivity index (χ4n) is 0.812. The highest BCUT2D eigenvalue weighted by Crippen LogP contribution is 2.17. The molecule has 6 heteroatoms. The normalized spacial score (nSPS) is 11.9. The van der Waals surface area contributed by atoms with Crippen LogP contribution in [0, 0.1) is 12.3 Å². The van der Waals surface area contributed by atoms with Crippen molar-refractivity contribution in [2.24, 2.45) is 0 Å². The predicted octanol–water partition coefficient (Wildman–Crippen LogP) is 2.00. The van der Waals surface area contributed by atoms with Crippen LogP contribution >= 0.6 is 23.2 Å². The maximum Gasteiger partial charge on any atom is 0.245 e. The third kappa shape index (κ3) is 2.72. The van der Waals surface area contributed by atoms with Crippen LogP contribution in [0.4, 0.5) is 5.82 Å². The molecule has 4 nitrogen and oxygen atoms in total. The molecule has 1 aromatic heterocycles. The van der Waals surface area contributed by atoms with Gasteiger partial charge in [0.15, 0.2) is 11.0 Å². The molecule has 0 aliphatic carbocycles. The van der Waals surface area contributed by atoms with Crippen molar-refractivity contribution in [2.75, 3.05) is 5.32 Å². The Labute approximate surface area is 92.0 Å². The Balaban J connectivity index is 2.86. The molecule has 1 unspecified atom stereocenters. The third-order valence-electron chi connectivity index (χ3n) is 1.54. The Hall–Kier alpha value is -1.05. The van der Waals surface area contributed by atoms with E-state index in [0.717, 1.165) is 6.42 Å². The van der Waals surface area contributed by atoms with Crippen LogP contribution in [0.25, 0.3) is 0 Å². The van der Waals surface area contributed by atoms with E-state index in [1.54, 1.807) is 0 Å². The fraction of sp³-hybridized carbons (Fsp3) is 0.375. The molecule has 1 N–H and O–H groups in total. The van der Waals surface area contributed by atoms with Gasteiger partial charge in [-0.15, -0.1) is 16.6 Å². The van der Waals surface area contributed by atoms with Gasteiger partial charge in [-0.2, -0.15) is 4.98 Å². The number of hydrogen-bond acceptors (Lipinski definition) is 4. The van der Waals surface area contributed by atoms with Crippen LogP contribution in [-0.2, 0) is 0 Å². The minimum absolute atomic E-state index is 0.0313. The van der Waals surface area contributed by atoms with Crippen molar-refractivity contribution in [1.82, 2.24) is 15.2 Å². The Morgan fingerprint density at radius 3 is 2.79 bits per heavy atom. The zero-order valence-electron chi connectivity index (χ0n) is 7.46. The third-order valence-corrected chi connectivity index (χ3v) is 1.95. The van der Waals surface area contributed by atoms with Crippen molar-refractivity contribution < 1.29 is 0 Å². The number of rotatable bonds is 3. The lowest BCUT2D eigenvalue weighted by atomic mass is 10.2. The van der Waals surface area contributed by atoms with Gasteiger partial charge in [-0.05, 0) is 18.0 Å². The van der Waals surface area contributed by atoms with Crippen molar-refractivity contribution in [3.05, 3.63) is 10.4 Å². The number of halogens is 2. The maximum atomic E-state index is 5.73. The summed E-state index contributed by atoms with van der Waals surface area (Å²) in [5, 5.41) is 10.2. The summed E-state index contributed by atoms with van der Waals surface area (Å²) in [5.74, 6) is 2.90. The Morgan fingerprint density at radius 1 is 1.50 bits per heavy atom. The Bertz CT molecular complexity index is 361. The second-order valence-electron chi connectivity index (χ2n) is 2.49. The maximum absolute atomic E-state index is 5.73. The molecule has 0 saturated heterocycles. The molecule has 0 fully saturated rings. The van der Waals surface area contributed by atoms with Gasteiger partial charge in [0.1, 0.15) is 0 Å². The van der Waals surface area contributed by atoms with E-state index in [9.17, 15) is 0 Å². The van der Waals surface area contributed by atoms with Gasteiger partial charge in [0.05, 0.1) is 6.04 Å². The van der Waals surface area contributed by atoms with E-state index in [1.165, 1.54) is 0 Å². The summed E-state index contributed by atoms with van der Waals surface area (Å²) in [7, 11) is 0. The summed E-state index contributed by atoms with van der Waals surface area (Å²) in [4.78, 5) is 3.86. The van der Waals surface area contributed by atoms with Crippen LogP contribution in [0.5, 0.6) is 0 Å². The first kappa shape index (κ1) is 11.0. The molecule has 0 aliphatic rings. The van der Waals surface area contributed by atoms with Crippen LogP contribution in [0.2, 0.25) is 10.4 Å². The number of terminal acetylenes is 1. The molecule has 0 aliphatic heterocycles. The molecule has 0 saturated carbocycles.